The van der Waals surface area contributed by atoms with Crippen LogP contribution in [0.25, 0.3) is 0 Å². The average molecular weight is 452 g/mol. The second-order valence-electron chi connectivity index (χ2n) is 7.23. The summed E-state index contributed by atoms with van der Waals surface area (Å²) in [7, 11) is 1.71. The van der Waals surface area contributed by atoms with E-state index in [-0.39, 0.29) is 24.8 Å². The monoisotopic (exact) mass is 451 g/mol. The van der Waals surface area contributed by atoms with Crippen LogP contribution in [-0.2, 0) is 11.3 Å². The molecule has 2 aromatic carbocycles. The highest BCUT2D eigenvalue weighted by Gasteiger charge is 2.35. The second kappa shape index (κ2) is 10.8. The Morgan fingerprint density at radius 2 is 1.47 bits per heavy atom. The van der Waals surface area contributed by atoms with Gasteiger partial charge in [0.05, 0.1) is 18.4 Å². The number of hydrogen-bond donors (Lipinski definition) is 0. The van der Waals surface area contributed by atoms with Crippen molar-refractivity contribution in [1.29, 1.82) is 0 Å². The van der Waals surface area contributed by atoms with Gasteiger partial charge in [0.2, 0.25) is 0 Å². The van der Waals surface area contributed by atoms with Crippen molar-refractivity contribution in [2.45, 2.75) is 6.54 Å². The largest absolute Gasteiger partial charge is 0.496 e. The van der Waals surface area contributed by atoms with E-state index in [1.807, 2.05) is 30.3 Å². The van der Waals surface area contributed by atoms with E-state index in [4.69, 9.17) is 4.74 Å². The molecule has 4 rings (SSSR count). The summed E-state index contributed by atoms with van der Waals surface area (Å²) in [6.45, 7) is 6.05. The molecule has 0 N–H and O–H groups in total. The molecule has 2 aliphatic heterocycles. The van der Waals surface area contributed by atoms with Gasteiger partial charge in [-0.2, -0.15) is 0 Å². The number of Topliss-reactive ketones (excluding diaryl/α,β-unsaturated/α-hetero) is 1. The smallest absolute Gasteiger partial charge is 0.299 e. The zero-order valence-electron chi connectivity index (χ0n) is 17.0. The van der Waals surface area contributed by atoms with Gasteiger partial charge in [0.1, 0.15) is 5.75 Å². The molecule has 2 aromatic rings. The van der Waals surface area contributed by atoms with Crippen molar-refractivity contribution in [2.75, 3.05) is 51.3 Å². The Hall–Kier alpha value is -2.12. The number of hydrogen-bond acceptors (Lipinski definition) is 5. The maximum Gasteiger partial charge on any atom is 0.299 e. The van der Waals surface area contributed by atoms with E-state index < -0.39 is 11.7 Å². The molecule has 6 nitrogen and oxygen atoms in total. The zero-order valence-corrected chi connectivity index (χ0v) is 18.6. The average Bonchev–Trinajstić information content (AvgIpc) is 2.98. The van der Waals surface area contributed by atoms with Crippen molar-refractivity contribution >= 4 is 42.2 Å². The molecule has 0 atom stereocenters. The molecule has 0 spiro atoms. The van der Waals surface area contributed by atoms with Crippen LogP contribution in [0.2, 0.25) is 0 Å². The zero-order chi connectivity index (χ0) is 19.5. The Balaban J connectivity index is 0.00000160. The summed E-state index contributed by atoms with van der Waals surface area (Å²) < 4.78 is 5.45. The molecule has 1 fully saturated rings. The lowest BCUT2D eigenvalue weighted by atomic mass is 10.1. The van der Waals surface area contributed by atoms with Crippen LogP contribution in [0.3, 0.4) is 0 Å². The van der Waals surface area contributed by atoms with Gasteiger partial charge in [0, 0.05) is 51.4 Å². The molecule has 1 amide bonds. The lowest BCUT2D eigenvalue weighted by molar-refractivity contribution is -0.114. The number of rotatable bonds is 6. The first-order chi connectivity index (χ1) is 13.7. The van der Waals surface area contributed by atoms with Crippen LogP contribution in [-0.4, -0.2) is 67.9 Å². The van der Waals surface area contributed by atoms with Gasteiger partial charge in [-0.15, -0.1) is 24.8 Å². The maximum atomic E-state index is 12.3. The standard InChI is InChI=1S/C22H25N3O3.2ClH/c1-28-20-9-5-2-6-17(20)16-24-12-10-23(11-13-24)14-15-25-19-8-4-3-7-18(19)21(26)22(25)27;;/h2-9H,10-16H2,1H3;2*1H. The molecule has 30 heavy (non-hydrogen) atoms. The molecule has 0 saturated carbocycles. The van der Waals surface area contributed by atoms with Gasteiger partial charge in [-0.25, -0.2) is 0 Å². The second-order valence-corrected chi connectivity index (χ2v) is 7.23. The Morgan fingerprint density at radius 1 is 0.833 bits per heavy atom. The molecule has 162 valence electrons. The first-order valence-corrected chi connectivity index (χ1v) is 9.69. The van der Waals surface area contributed by atoms with Crippen molar-refractivity contribution in [3.8, 4) is 5.75 Å². The van der Waals surface area contributed by atoms with E-state index in [1.165, 1.54) is 5.56 Å². The lowest BCUT2D eigenvalue weighted by Gasteiger charge is -2.35. The molecule has 8 heteroatoms. The Kier molecular flexibility index (Phi) is 8.67. The minimum absolute atomic E-state index is 0. The van der Waals surface area contributed by atoms with Gasteiger partial charge in [0.25, 0.3) is 11.7 Å². The molecule has 0 radical (unpaired) electrons. The van der Waals surface area contributed by atoms with E-state index in [0.717, 1.165) is 50.7 Å². The van der Waals surface area contributed by atoms with Crippen molar-refractivity contribution < 1.29 is 14.3 Å². The number of ketones is 1. The number of carbonyl (C=O) groups is 2. The van der Waals surface area contributed by atoms with Crippen LogP contribution in [0, 0.1) is 0 Å². The van der Waals surface area contributed by atoms with Crippen LogP contribution in [0.5, 0.6) is 5.75 Å². The van der Waals surface area contributed by atoms with Crippen molar-refractivity contribution in [2.24, 2.45) is 0 Å². The summed E-state index contributed by atoms with van der Waals surface area (Å²) in [5.41, 5.74) is 2.47. The number of halogens is 2. The number of anilines is 1. The Labute approximate surface area is 189 Å². The summed E-state index contributed by atoms with van der Waals surface area (Å²) in [6.07, 6.45) is 0. The van der Waals surface area contributed by atoms with Crippen LogP contribution in [0.1, 0.15) is 15.9 Å². The highest BCUT2D eigenvalue weighted by atomic mass is 35.5. The van der Waals surface area contributed by atoms with Crippen molar-refractivity contribution in [3.63, 3.8) is 0 Å². The van der Waals surface area contributed by atoms with Crippen LogP contribution < -0.4 is 9.64 Å². The Morgan fingerprint density at radius 3 is 2.20 bits per heavy atom. The number of fused-ring (bicyclic) bond motifs is 1. The molecule has 0 bridgehead atoms. The molecular formula is C22H27Cl2N3O3. The molecule has 1 saturated heterocycles. The number of para-hydroxylation sites is 2. The van der Waals surface area contributed by atoms with E-state index >= 15 is 0 Å². The third-order valence-electron chi connectivity index (χ3n) is 5.57. The number of piperazine rings is 1. The topological polar surface area (TPSA) is 53.1 Å². The van der Waals surface area contributed by atoms with Crippen molar-refractivity contribution in [1.82, 2.24) is 9.80 Å². The molecule has 2 aliphatic rings. The predicted octanol–water partition coefficient (Wildman–Crippen LogP) is 2.89. The summed E-state index contributed by atoms with van der Waals surface area (Å²) in [6, 6.07) is 15.4. The fourth-order valence-electron chi connectivity index (χ4n) is 3.96. The lowest BCUT2D eigenvalue weighted by Crippen LogP contribution is -2.48. The number of nitrogens with zero attached hydrogens (tertiary/aromatic N) is 3. The fourth-order valence-corrected chi connectivity index (χ4v) is 3.96. The summed E-state index contributed by atoms with van der Waals surface area (Å²) in [4.78, 5) is 30.8. The van der Waals surface area contributed by atoms with E-state index in [0.29, 0.717) is 12.1 Å². The van der Waals surface area contributed by atoms with Gasteiger partial charge in [0.15, 0.2) is 0 Å². The number of ether oxygens (including phenoxy) is 1. The third-order valence-corrected chi connectivity index (χ3v) is 5.57. The summed E-state index contributed by atoms with van der Waals surface area (Å²) in [5, 5.41) is 0. The Bertz CT molecular complexity index is 885. The molecule has 0 aliphatic carbocycles. The van der Waals surface area contributed by atoms with Gasteiger partial charge < -0.3 is 9.64 Å². The molecule has 0 unspecified atom stereocenters. The van der Waals surface area contributed by atoms with Crippen LogP contribution in [0.15, 0.2) is 48.5 Å². The normalized spacial score (nSPS) is 16.6. The number of amides is 1. The first-order valence-electron chi connectivity index (χ1n) is 9.69. The predicted molar refractivity (Wildman–Crippen MR) is 122 cm³/mol. The maximum absolute atomic E-state index is 12.3. The minimum atomic E-state index is -0.406. The van der Waals surface area contributed by atoms with E-state index in [1.54, 1.807) is 24.1 Å². The van der Waals surface area contributed by atoms with Crippen LogP contribution in [0.4, 0.5) is 5.69 Å². The van der Waals surface area contributed by atoms with Gasteiger partial charge >= 0.3 is 0 Å². The van der Waals surface area contributed by atoms with Crippen LogP contribution >= 0.6 is 24.8 Å². The number of benzene rings is 2. The van der Waals surface area contributed by atoms with Gasteiger partial charge in [-0.3, -0.25) is 19.4 Å². The summed E-state index contributed by atoms with van der Waals surface area (Å²) >= 11 is 0. The summed E-state index contributed by atoms with van der Waals surface area (Å²) in [5.74, 6) is 0.133. The highest BCUT2D eigenvalue weighted by Crippen LogP contribution is 2.28. The van der Waals surface area contributed by atoms with Crippen molar-refractivity contribution in [3.05, 3.63) is 59.7 Å². The minimum Gasteiger partial charge on any atom is -0.496 e. The third kappa shape index (κ3) is 4.95. The number of methoxy groups -OCH3 is 1. The van der Waals surface area contributed by atoms with Gasteiger partial charge in [-0.05, 0) is 18.2 Å². The molecule has 2 heterocycles. The fraction of sp³-hybridized carbons (Fsp3) is 0.364. The quantitative estimate of drug-likeness (QED) is 0.631. The van der Waals surface area contributed by atoms with E-state index in [9.17, 15) is 9.59 Å². The van der Waals surface area contributed by atoms with Gasteiger partial charge in [-0.1, -0.05) is 30.3 Å². The highest BCUT2D eigenvalue weighted by molar-refractivity contribution is 6.52. The molecule has 0 aromatic heterocycles. The number of carbonyl (C=O) groups excluding carboxylic acids is 2. The first kappa shape index (κ1) is 24.2. The SMILES string of the molecule is COc1ccccc1CN1CCN(CCN2C(=O)C(=O)c3ccccc32)CC1.Cl.Cl. The van der Waals surface area contributed by atoms with E-state index in [2.05, 4.69) is 15.9 Å². The molecular weight excluding hydrogens is 425 g/mol.